The van der Waals surface area contributed by atoms with Gasteiger partial charge in [0.05, 0.1) is 27.5 Å². The molecular weight excluding hydrogens is 296 g/mol. The summed E-state index contributed by atoms with van der Waals surface area (Å²) < 4.78 is 15.5. The van der Waals surface area contributed by atoms with Crippen LogP contribution in [-0.2, 0) is 0 Å². The molecule has 0 aliphatic heterocycles. The number of benzene rings is 2. The zero-order chi connectivity index (χ0) is 16.7. The summed E-state index contributed by atoms with van der Waals surface area (Å²) in [7, 11) is 4.63. The summed E-state index contributed by atoms with van der Waals surface area (Å²) in [5.74, 6) is 1.37. The molecule has 0 atom stereocenters. The molecule has 2 aromatic rings. The van der Waals surface area contributed by atoms with Gasteiger partial charge in [-0.05, 0) is 24.3 Å². The van der Waals surface area contributed by atoms with Crippen LogP contribution in [-0.4, -0.2) is 33.5 Å². The molecule has 0 heterocycles. The lowest BCUT2D eigenvalue weighted by Crippen LogP contribution is -2.17. The third kappa shape index (κ3) is 4.23. The van der Waals surface area contributed by atoms with Gasteiger partial charge in [-0.15, -0.1) is 0 Å². The number of carbonyl (C=O) groups is 1. The average molecular weight is 314 g/mol. The minimum atomic E-state index is -0.367. The van der Waals surface area contributed by atoms with Crippen LogP contribution in [0.2, 0.25) is 0 Å². The Morgan fingerprint density at radius 2 is 1.65 bits per heavy atom. The molecule has 0 unspecified atom stereocenters. The number of hydrogen-bond donors (Lipinski definition) is 1. The second kappa shape index (κ2) is 7.84. The fourth-order valence-electron chi connectivity index (χ4n) is 1.94. The van der Waals surface area contributed by atoms with Crippen LogP contribution in [0, 0.1) is 0 Å². The zero-order valence-corrected chi connectivity index (χ0v) is 13.2. The smallest absolute Gasteiger partial charge is 0.271 e. The number of nitrogens with zero attached hydrogens (tertiary/aromatic N) is 1. The van der Waals surface area contributed by atoms with Gasteiger partial charge in [0.1, 0.15) is 17.2 Å². The molecule has 0 radical (unpaired) electrons. The lowest BCUT2D eigenvalue weighted by Gasteiger charge is -2.07. The molecule has 6 heteroatoms. The second-order valence-corrected chi connectivity index (χ2v) is 4.54. The van der Waals surface area contributed by atoms with Crippen molar-refractivity contribution in [1.29, 1.82) is 0 Å². The Bertz CT molecular complexity index is 691. The molecule has 2 aromatic carbocycles. The number of amides is 1. The van der Waals surface area contributed by atoms with Crippen LogP contribution in [0.4, 0.5) is 0 Å². The predicted octanol–water partition coefficient (Wildman–Crippen LogP) is 2.48. The van der Waals surface area contributed by atoms with Gasteiger partial charge < -0.3 is 14.2 Å². The molecule has 0 aromatic heterocycles. The van der Waals surface area contributed by atoms with E-state index in [0.29, 0.717) is 22.8 Å². The number of nitrogens with one attached hydrogen (secondary N) is 1. The van der Waals surface area contributed by atoms with Gasteiger partial charge in [0.15, 0.2) is 0 Å². The highest BCUT2D eigenvalue weighted by atomic mass is 16.5. The van der Waals surface area contributed by atoms with E-state index >= 15 is 0 Å². The van der Waals surface area contributed by atoms with Crippen LogP contribution in [0.5, 0.6) is 17.2 Å². The maximum Gasteiger partial charge on any atom is 0.271 e. The van der Waals surface area contributed by atoms with Gasteiger partial charge in [0.2, 0.25) is 0 Å². The fourth-order valence-corrected chi connectivity index (χ4v) is 1.94. The lowest BCUT2D eigenvalue weighted by molar-refractivity contribution is 0.0954. The first-order chi connectivity index (χ1) is 11.2. The summed E-state index contributed by atoms with van der Waals surface area (Å²) in [6, 6.07) is 12.3. The molecule has 1 amide bonds. The lowest BCUT2D eigenvalue weighted by atomic mass is 10.2. The maximum absolute atomic E-state index is 12.2. The fraction of sp³-hybridized carbons (Fsp3) is 0.176. The van der Waals surface area contributed by atoms with Crippen LogP contribution in [0.15, 0.2) is 47.6 Å². The predicted molar refractivity (Wildman–Crippen MR) is 87.6 cm³/mol. The Morgan fingerprint density at radius 3 is 2.26 bits per heavy atom. The van der Waals surface area contributed by atoms with Gasteiger partial charge in [-0.3, -0.25) is 4.79 Å². The molecule has 0 fully saturated rings. The molecule has 0 aliphatic rings. The Hall–Kier alpha value is -3.02. The third-order valence-electron chi connectivity index (χ3n) is 3.12. The number of rotatable bonds is 6. The van der Waals surface area contributed by atoms with Gasteiger partial charge in [-0.2, -0.15) is 5.10 Å². The standard InChI is InChI=1S/C17H18N2O4/c1-21-14-8-13(9-15(10-14)22-2)17(20)19-18-11-12-6-4-5-7-16(12)23-3/h4-11H,1-3H3,(H,19,20)/b18-11+. The van der Waals surface area contributed by atoms with Crippen LogP contribution >= 0.6 is 0 Å². The van der Waals surface area contributed by atoms with E-state index in [0.717, 1.165) is 5.56 Å². The summed E-state index contributed by atoms with van der Waals surface area (Å²) in [5, 5.41) is 3.95. The molecule has 1 N–H and O–H groups in total. The molecule has 0 saturated carbocycles. The van der Waals surface area contributed by atoms with Gasteiger partial charge in [-0.25, -0.2) is 5.43 Å². The highest BCUT2D eigenvalue weighted by Crippen LogP contribution is 2.22. The summed E-state index contributed by atoms with van der Waals surface area (Å²) in [5.41, 5.74) is 3.62. The third-order valence-corrected chi connectivity index (χ3v) is 3.12. The van der Waals surface area contributed by atoms with E-state index < -0.39 is 0 Å². The normalized spacial score (nSPS) is 10.4. The summed E-state index contributed by atoms with van der Waals surface area (Å²) in [6.07, 6.45) is 1.52. The molecule has 6 nitrogen and oxygen atoms in total. The van der Waals surface area contributed by atoms with Gasteiger partial charge in [0, 0.05) is 17.2 Å². The van der Waals surface area contributed by atoms with E-state index in [1.165, 1.54) is 20.4 Å². The molecule has 0 saturated heterocycles. The van der Waals surface area contributed by atoms with E-state index in [2.05, 4.69) is 10.5 Å². The van der Waals surface area contributed by atoms with Crippen LogP contribution in [0.1, 0.15) is 15.9 Å². The largest absolute Gasteiger partial charge is 0.497 e. The van der Waals surface area contributed by atoms with Crippen molar-refractivity contribution in [2.45, 2.75) is 0 Å². The quantitative estimate of drug-likeness (QED) is 0.657. The van der Waals surface area contributed by atoms with E-state index in [-0.39, 0.29) is 5.91 Å². The Labute approximate surface area is 134 Å². The van der Waals surface area contributed by atoms with E-state index in [9.17, 15) is 4.79 Å². The van der Waals surface area contributed by atoms with Crippen molar-refractivity contribution >= 4 is 12.1 Å². The monoisotopic (exact) mass is 314 g/mol. The van der Waals surface area contributed by atoms with Crippen molar-refractivity contribution in [2.24, 2.45) is 5.10 Å². The first-order valence-electron chi connectivity index (χ1n) is 6.87. The van der Waals surface area contributed by atoms with Crippen LogP contribution in [0.3, 0.4) is 0 Å². The van der Waals surface area contributed by atoms with Crippen LogP contribution in [0.25, 0.3) is 0 Å². The number of methoxy groups -OCH3 is 3. The first-order valence-corrected chi connectivity index (χ1v) is 6.87. The van der Waals surface area contributed by atoms with Crippen LogP contribution < -0.4 is 19.6 Å². The topological polar surface area (TPSA) is 69.2 Å². The van der Waals surface area contributed by atoms with Gasteiger partial charge >= 0.3 is 0 Å². The summed E-state index contributed by atoms with van der Waals surface area (Å²) in [4.78, 5) is 12.2. The number of carbonyl (C=O) groups excluding carboxylic acids is 1. The van der Waals surface area contributed by atoms with Crippen molar-refractivity contribution in [3.8, 4) is 17.2 Å². The molecule has 120 valence electrons. The molecule has 0 bridgehead atoms. The Kier molecular flexibility index (Phi) is 5.57. The maximum atomic E-state index is 12.2. The van der Waals surface area contributed by atoms with E-state index in [1.54, 1.807) is 25.3 Å². The average Bonchev–Trinajstić information content (AvgIpc) is 2.61. The molecule has 23 heavy (non-hydrogen) atoms. The molecular formula is C17H18N2O4. The van der Waals surface area contributed by atoms with Crippen molar-refractivity contribution < 1.29 is 19.0 Å². The second-order valence-electron chi connectivity index (χ2n) is 4.54. The Balaban J connectivity index is 2.11. The number of para-hydroxylation sites is 1. The first kappa shape index (κ1) is 16.4. The minimum absolute atomic E-state index is 0.367. The number of hydrogen-bond acceptors (Lipinski definition) is 5. The molecule has 2 rings (SSSR count). The highest BCUT2D eigenvalue weighted by molar-refractivity contribution is 5.95. The molecule has 0 spiro atoms. The molecule has 0 aliphatic carbocycles. The van der Waals surface area contributed by atoms with Crippen molar-refractivity contribution in [3.05, 3.63) is 53.6 Å². The van der Waals surface area contributed by atoms with Gasteiger partial charge in [0.25, 0.3) is 5.91 Å². The number of ether oxygens (including phenoxy) is 3. The van der Waals surface area contributed by atoms with Gasteiger partial charge in [-0.1, -0.05) is 12.1 Å². The van der Waals surface area contributed by atoms with E-state index in [1.807, 2.05) is 24.3 Å². The summed E-state index contributed by atoms with van der Waals surface area (Å²) in [6.45, 7) is 0. The highest BCUT2D eigenvalue weighted by Gasteiger charge is 2.09. The Morgan fingerprint density at radius 1 is 1.00 bits per heavy atom. The zero-order valence-electron chi connectivity index (χ0n) is 13.2. The van der Waals surface area contributed by atoms with E-state index in [4.69, 9.17) is 14.2 Å². The van der Waals surface area contributed by atoms with Crippen molar-refractivity contribution in [3.63, 3.8) is 0 Å². The van der Waals surface area contributed by atoms with Crippen molar-refractivity contribution in [2.75, 3.05) is 21.3 Å². The SMILES string of the molecule is COc1cc(OC)cc(C(=O)N/N=C/c2ccccc2OC)c1. The van der Waals surface area contributed by atoms with Crippen molar-refractivity contribution in [1.82, 2.24) is 5.43 Å². The summed E-state index contributed by atoms with van der Waals surface area (Å²) >= 11 is 0. The minimum Gasteiger partial charge on any atom is -0.497 e. The number of hydrazone groups is 1.